The summed E-state index contributed by atoms with van der Waals surface area (Å²) in [4.78, 5) is 19.2. The zero-order valence-electron chi connectivity index (χ0n) is 18.6. The molecule has 1 saturated carbocycles. The van der Waals surface area contributed by atoms with E-state index in [2.05, 4.69) is 22.5 Å². The van der Waals surface area contributed by atoms with Gasteiger partial charge in [0.25, 0.3) is 5.91 Å². The molecule has 7 heteroatoms. The van der Waals surface area contributed by atoms with Crippen LogP contribution in [-0.4, -0.2) is 62.2 Å². The first kappa shape index (κ1) is 22.7. The van der Waals surface area contributed by atoms with Crippen molar-refractivity contribution in [1.29, 1.82) is 0 Å². The van der Waals surface area contributed by atoms with Crippen molar-refractivity contribution >= 4 is 11.9 Å². The van der Waals surface area contributed by atoms with Crippen LogP contribution >= 0.6 is 0 Å². The van der Waals surface area contributed by atoms with Crippen molar-refractivity contribution in [2.75, 3.05) is 39.3 Å². The molecule has 2 fully saturated rings. The van der Waals surface area contributed by atoms with Gasteiger partial charge in [-0.05, 0) is 57.9 Å². The minimum Gasteiger partial charge on any atom is -0.459 e. The van der Waals surface area contributed by atoms with Gasteiger partial charge in [0, 0.05) is 44.9 Å². The van der Waals surface area contributed by atoms with Crippen LogP contribution in [0.5, 0.6) is 0 Å². The summed E-state index contributed by atoms with van der Waals surface area (Å²) in [5, 5.41) is 6.31. The highest BCUT2D eigenvalue weighted by atomic mass is 16.5. The summed E-state index contributed by atoms with van der Waals surface area (Å²) in [6.07, 6.45) is 10.3. The minimum atomic E-state index is -0.159. The molecule has 1 aliphatic heterocycles. The lowest BCUT2D eigenvalue weighted by Gasteiger charge is -2.34. The maximum atomic E-state index is 12.1. The zero-order valence-corrected chi connectivity index (χ0v) is 18.6. The van der Waals surface area contributed by atoms with Gasteiger partial charge < -0.3 is 24.7 Å². The third-order valence-corrected chi connectivity index (χ3v) is 6.07. The predicted octanol–water partition coefficient (Wildman–Crippen LogP) is 3.34. The first-order valence-electron chi connectivity index (χ1n) is 11.6. The maximum absolute atomic E-state index is 12.1. The number of nitrogens with one attached hydrogen (secondary N) is 2. The van der Waals surface area contributed by atoms with Gasteiger partial charge in [0.15, 0.2) is 11.7 Å². The van der Waals surface area contributed by atoms with Crippen molar-refractivity contribution in [3.63, 3.8) is 0 Å². The van der Waals surface area contributed by atoms with Gasteiger partial charge in [-0.3, -0.25) is 9.79 Å². The van der Waals surface area contributed by atoms with Crippen LogP contribution in [0.3, 0.4) is 0 Å². The van der Waals surface area contributed by atoms with Crippen molar-refractivity contribution in [2.45, 2.75) is 64.9 Å². The molecular formula is C23H38N4O3. The SMILES string of the molecule is CCNC(=NCCCNC(=O)c1occc1C)N1CCC(OCC2CCCC2)CC1. The first-order valence-corrected chi connectivity index (χ1v) is 11.6. The number of furan rings is 1. The number of guanidine groups is 1. The fraction of sp³-hybridized carbons (Fsp3) is 0.739. The number of likely N-dealkylation sites (tertiary alicyclic amines) is 1. The monoisotopic (exact) mass is 418 g/mol. The standard InChI is InChI=1S/C23H38N4O3/c1-3-24-23(26-13-6-12-25-22(28)21-18(2)11-16-29-21)27-14-9-20(10-15-27)30-17-19-7-4-5-8-19/h11,16,19-20H,3-10,12-15,17H2,1-2H3,(H,24,26)(H,25,28). The fourth-order valence-electron chi connectivity index (χ4n) is 4.26. The highest BCUT2D eigenvalue weighted by Crippen LogP contribution is 2.26. The quantitative estimate of drug-likeness (QED) is 0.365. The molecule has 2 aliphatic rings. The van der Waals surface area contributed by atoms with Crippen LogP contribution in [-0.2, 0) is 4.74 Å². The van der Waals surface area contributed by atoms with Crippen LogP contribution in [0.15, 0.2) is 21.7 Å². The summed E-state index contributed by atoms with van der Waals surface area (Å²) in [5.74, 6) is 2.00. The lowest BCUT2D eigenvalue weighted by molar-refractivity contribution is 0.00102. The van der Waals surface area contributed by atoms with Crippen LogP contribution in [0.2, 0.25) is 0 Å². The van der Waals surface area contributed by atoms with E-state index in [-0.39, 0.29) is 5.91 Å². The van der Waals surface area contributed by atoms with Gasteiger partial charge in [0.05, 0.1) is 12.4 Å². The number of hydrogen-bond acceptors (Lipinski definition) is 4. The topological polar surface area (TPSA) is 79.1 Å². The Labute approximate surface area is 180 Å². The summed E-state index contributed by atoms with van der Waals surface area (Å²) < 4.78 is 11.4. The molecule has 0 atom stereocenters. The summed E-state index contributed by atoms with van der Waals surface area (Å²) in [5.41, 5.74) is 0.857. The number of amides is 1. The number of carbonyl (C=O) groups excluding carboxylic acids is 1. The molecule has 0 bridgehead atoms. The number of ether oxygens (including phenoxy) is 1. The van der Waals surface area contributed by atoms with Crippen LogP contribution < -0.4 is 10.6 Å². The number of carbonyl (C=O) groups is 1. The molecule has 168 valence electrons. The molecule has 2 heterocycles. The Hall–Kier alpha value is -2.02. The second kappa shape index (κ2) is 12.0. The summed E-state index contributed by atoms with van der Waals surface area (Å²) in [6.45, 7) is 8.99. The lowest BCUT2D eigenvalue weighted by atomic mass is 10.1. The normalized spacial score (nSPS) is 18.7. The smallest absolute Gasteiger partial charge is 0.287 e. The third kappa shape index (κ3) is 6.76. The molecular weight excluding hydrogens is 380 g/mol. The van der Waals surface area contributed by atoms with Crippen LogP contribution in [0.25, 0.3) is 0 Å². The summed E-state index contributed by atoms with van der Waals surface area (Å²) >= 11 is 0. The molecule has 7 nitrogen and oxygen atoms in total. The van der Waals surface area contributed by atoms with Crippen LogP contribution in [0.4, 0.5) is 0 Å². The second-order valence-corrected chi connectivity index (χ2v) is 8.45. The highest BCUT2D eigenvalue weighted by molar-refractivity contribution is 5.92. The Morgan fingerprint density at radius 3 is 2.67 bits per heavy atom. The number of aryl methyl sites for hydroxylation is 1. The van der Waals surface area contributed by atoms with Gasteiger partial charge >= 0.3 is 0 Å². The largest absolute Gasteiger partial charge is 0.459 e. The number of nitrogens with zero attached hydrogens (tertiary/aromatic N) is 2. The number of aliphatic imine (C=N–C) groups is 1. The van der Waals surface area contributed by atoms with Crippen LogP contribution in [0.1, 0.15) is 68.0 Å². The molecule has 1 amide bonds. The Morgan fingerprint density at radius 2 is 2.00 bits per heavy atom. The molecule has 0 radical (unpaired) electrons. The van der Waals surface area contributed by atoms with Crippen molar-refractivity contribution in [2.24, 2.45) is 10.9 Å². The molecule has 1 saturated heterocycles. The number of hydrogen-bond donors (Lipinski definition) is 2. The van der Waals surface area contributed by atoms with Gasteiger partial charge in [0.2, 0.25) is 0 Å². The van der Waals surface area contributed by atoms with E-state index in [0.717, 1.165) is 62.9 Å². The third-order valence-electron chi connectivity index (χ3n) is 6.07. The van der Waals surface area contributed by atoms with E-state index in [9.17, 15) is 4.79 Å². The Balaban J connectivity index is 1.35. The molecule has 2 N–H and O–H groups in total. The molecule has 0 unspecified atom stereocenters. The van der Waals surface area contributed by atoms with Gasteiger partial charge in [-0.15, -0.1) is 0 Å². The van der Waals surface area contributed by atoms with E-state index in [1.54, 1.807) is 12.3 Å². The Kier molecular flexibility index (Phi) is 9.05. The second-order valence-electron chi connectivity index (χ2n) is 8.45. The van der Waals surface area contributed by atoms with E-state index < -0.39 is 0 Å². The minimum absolute atomic E-state index is 0.159. The van der Waals surface area contributed by atoms with Gasteiger partial charge in [-0.25, -0.2) is 0 Å². The van der Waals surface area contributed by atoms with E-state index in [4.69, 9.17) is 14.1 Å². The fourth-order valence-corrected chi connectivity index (χ4v) is 4.26. The molecule has 3 rings (SSSR count). The average molecular weight is 419 g/mol. The first-order chi connectivity index (χ1) is 14.7. The zero-order chi connectivity index (χ0) is 21.2. The van der Waals surface area contributed by atoms with E-state index in [1.165, 1.54) is 25.7 Å². The van der Waals surface area contributed by atoms with Gasteiger partial charge in [-0.2, -0.15) is 0 Å². The summed E-state index contributed by atoms with van der Waals surface area (Å²) in [7, 11) is 0. The maximum Gasteiger partial charge on any atom is 0.287 e. The van der Waals surface area contributed by atoms with E-state index in [1.807, 2.05) is 6.92 Å². The lowest BCUT2D eigenvalue weighted by Crippen LogP contribution is -2.47. The molecule has 0 aromatic carbocycles. The summed E-state index contributed by atoms with van der Waals surface area (Å²) in [6, 6.07) is 1.80. The van der Waals surface area contributed by atoms with Crippen molar-refractivity contribution in [1.82, 2.24) is 15.5 Å². The van der Waals surface area contributed by atoms with Crippen molar-refractivity contribution in [3.8, 4) is 0 Å². The molecule has 0 spiro atoms. The van der Waals surface area contributed by atoms with Gasteiger partial charge in [0.1, 0.15) is 0 Å². The Bertz CT molecular complexity index is 674. The number of rotatable bonds is 9. The highest BCUT2D eigenvalue weighted by Gasteiger charge is 2.23. The molecule has 1 aliphatic carbocycles. The molecule has 1 aromatic heterocycles. The average Bonchev–Trinajstić information content (AvgIpc) is 3.43. The molecule has 1 aromatic rings. The predicted molar refractivity (Wildman–Crippen MR) is 119 cm³/mol. The molecule has 30 heavy (non-hydrogen) atoms. The van der Waals surface area contributed by atoms with Crippen molar-refractivity contribution < 1.29 is 13.9 Å². The van der Waals surface area contributed by atoms with E-state index >= 15 is 0 Å². The van der Waals surface area contributed by atoms with Crippen LogP contribution in [0, 0.1) is 12.8 Å². The Morgan fingerprint density at radius 1 is 1.23 bits per heavy atom. The number of piperidine rings is 1. The van der Waals surface area contributed by atoms with Gasteiger partial charge in [-0.1, -0.05) is 12.8 Å². The van der Waals surface area contributed by atoms with E-state index in [0.29, 0.717) is 25.0 Å². The van der Waals surface area contributed by atoms with Crippen molar-refractivity contribution in [3.05, 3.63) is 23.7 Å².